The summed E-state index contributed by atoms with van der Waals surface area (Å²) in [5.41, 5.74) is 0.696. The first kappa shape index (κ1) is 21.7. The Morgan fingerprint density at radius 2 is 1.58 bits per heavy atom. The zero-order valence-electron chi connectivity index (χ0n) is 16.9. The highest BCUT2D eigenvalue weighted by molar-refractivity contribution is 7.89. The number of rotatable bonds is 5. The number of carbonyl (C=O) groups excluding carboxylic acids is 1. The van der Waals surface area contributed by atoms with Gasteiger partial charge in [-0.1, -0.05) is 12.1 Å². The molecule has 2 saturated heterocycles. The average Bonchev–Trinajstić information content (AvgIpc) is 2.80. The molecule has 1 N–H and O–H groups in total. The highest BCUT2D eigenvalue weighted by Gasteiger charge is 2.30. The summed E-state index contributed by atoms with van der Waals surface area (Å²) in [6.45, 7) is 3.33. The Kier molecular flexibility index (Phi) is 6.51. The van der Waals surface area contributed by atoms with Gasteiger partial charge >= 0.3 is 0 Å². The highest BCUT2D eigenvalue weighted by atomic mass is 32.2. The summed E-state index contributed by atoms with van der Waals surface area (Å²) >= 11 is 0. The number of ether oxygens (including phenoxy) is 2. The molecule has 2 aromatic carbocycles. The topological polar surface area (TPSA) is 88.2 Å². The van der Waals surface area contributed by atoms with Gasteiger partial charge in [0, 0.05) is 31.9 Å². The van der Waals surface area contributed by atoms with E-state index >= 15 is 0 Å². The lowest BCUT2D eigenvalue weighted by molar-refractivity contribution is 0.0730. The van der Waals surface area contributed by atoms with Crippen LogP contribution in [0.3, 0.4) is 0 Å². The first-order valence-electron chi connectivity index (χ1n) is 10.1. The summed E-state index contributed by atoms with van der Waals surface area (Å²) in [7, 11) is -3.86. The van der Waals surface area contributed by atoms with Gasteiger partial charge in [-0.05, 0) is 30.3 Å². The van der Waals surface area contributed by atoms with E-state index in [4.69, 9.17) is 9.47 Å². The Balaban J connectivity index is 1.55. The van der Waals surface area contributed by atoms with Gasteiger partial charge in [-0.2, -0.15) is 4.31 Å². The number of anilines is 2. The molecule has 0 unspecified atom stereocenters. The Labute approximate surface area is 180 Å². The lowest BCUT2D eigenvalue weighted by atomic mass is 10.2. The molecule has 4 rings (SSSR count). The van der Waals surface area contributed by atoms with E-state index < -0.39 is 21.7 Å². The molecule has 10 heteroatoms. The molecule has 0 saturated carbocycles. The predicted octanol–water partition coefficient (Wildman–Crippen LogP) is 1.94. The van der Waals surface area contributed by atoms with Gasteiger partial charge in [0.2, 0.25) is 10.0 Å². The number of morpholine rings is 2. The quantitative estimate of drug-likeness (QED) is 0.751. The SMILES string of the molecule is O=C(Nc1ccc(N2CCOCC2)c(F)c1)c1ccccc1S(=O)(=O)N1CCOCC1. The van der Waals surface area contributed by atoms with Crippen LogP contribution in [0.5, 0.6) is 0 Å². The van der Waals surface area contributed by atoms with E-state index in [1.165, 1.54) is 22.5 Å². The van der Waals surface area contributed by atoms with Crippen LogP contribution in [0, 0.1) is 5.82 Å². The van der Waals surface area contributed by atoms with E-state index in [1.54, 1.807) is 24.3 Å². The van der Waals surface area contributed by atoms with Crippen LogP contribution in [0.4, 0.5) is 15.8 Å². The van der Waals surface area contributed by atoms with Crippen molar-refractivity contribution in [3.8, 4) is 0 Å². The molecule has 0 aromatic heterocycles. The van der Waals surface area contributed by atoms with Crippen molar-refractivity contribution in [3.63, 3.8) is 0 Å². The number of hydrogen-bond donors (Lipinski definition) is 1. The summed E-state index contributed by atoms with van der Waals surface area (Å²) < 4.78 is 52.6. The molecular formula is C21H24FN3O5S. The maximum atomic E-state index is 14.7. The molecule has 0 aliphatic carbocycles. The third-order valence-electron chi connectivity index (χ3n) is 5.28. The van der Waals surface area contributed by atoms with Gasteiger partial charge in [-0.3, -0.25) is 4.79 Å². The maximum Gasteiger partial charge on any atom is 0.257 e. The lowest BCUT2D eigenvalue weighted by Gasteiger charge is -2.29. The standard InChI is InChI=1S/C21H24FN3O5S/c22-18-15-16(5-6-19(18)24-7-11-29-12-8-24)23-21(26)17-3-1-2-4-20(17)31(27,28)25-9-13-30-14-10-25/h1-6,15H,7-14H2,(H,23,26). The van der Waals surface area contributed by atoms with E-state index in [0.717, 1.165) is 0 Å². The van der Waals surface area contributed by atoms with Crippen molar-refractivity contribution in [1.29, 1.82) is 0 Å². The van der Waals surface area contributed by atoms with Crippen molar-refractivity contribution in [2.24, 2.45) is 0 Å². The molecule has 8 nitrogen and oxygen atoms in total. The van der Waals surface area contributed by atoms with Gasteiger partial charge in [-0.25, -0.2) is 12.8 Å². The fraction of sp³-hybridized carbons (Fsp3) is 0.381. The van der Waals surface area contributed by atoms with Gasteiger partial charge in [0.05, 0.1) is 42.6 Å². The van der Waals surface area contributed by atoms with Crippen LogP contribution >= 0.6 is 0 Å². The minimum absolute atomic E-state index is 0.00616. The van der Waals surface area contributed by atoms with Crippen molar-refractivity contribution in [3.05, 3.63) is 53.8 Å². The Hall–Kier alpha value is -2.53. The van der Waals surface area contributed by atoms with Crippen LogP contribution in [0.25, 0.3) is 0 Å². The lowest BCUT2D eigenvalue weighted by Crippen LogP contribution is -2.41. The monoisotopic (exact) mass is 449 g/mol. The number of nitrogens with zero attached hydrogens (tertiary/aromatic N) is 2. The number of halogens is 1. The van der Waals surface area contributed by atoms with Crippen LogP contribution in [0.1, 0.15) is 10.4 Å². The van der Waals surface area contributed by atoms with E-state index in [-0.39, 0.29) is 29.2 Å². The van der Waals surface area contributed by atoms with Crippen molar-refractivity contribution in [2.75, 3.05) is 62.8 Å². The molecule has 2 aromatic rings. The van der Waals surface area contributed by atoms with E-state index in [0.29, 0.717) is 45.2 Å². The van der Waals surface area contributed by atoms with Gasteiger partial charge < -0.3 is 19.7 Å². The second-order valence-corrected chi connectivity index (χ2v) is 9.14. The average molecular weight is 450 g/mol. The first-order chi connectivity index (χ1) is 15.0. The fourth-order valence-corrected chi connectivity index (χ4v) is 5.25. The fourth-order valence-electron chi connectivity index (χ4n) is 3.65. The highest BCUT2D eigenvalue weighted by Crippen LogP contribution is 2.26. The number of sulfonamides is 1. The number of carbonyl (C=O) groups is 1. The molecule has 0 spiro atoms. The predicted molar refractivity (Wildman–Crippen MR) is 113 cm³/mol. The zero-order valence-corrected chi connectivity index (χ0v) is 17.7. The summed E-state index contributed by atoms with van der Waals surface area (Å²) in [5.74, 6) is -1.08. The van der Waals surface area contributed by atoms with Gasteiger partial charge in [0.1, 0.15) is 5.82 Å². The molecule has 31 heavy (non-hydrogen) atoms. The van der Waals surface area contributed by atoms with Crippen LogP contribution < -0.4 is 10.2 Å². The smallest absolute Gasteiger partial charge is 0.257 e. The summed E-state index contributed by atoms with van der Waals surface area (Å²) in [6, 6.07) is 10.5. The third kappa shape index (κ3) is 4.72. The summed E-state index contributed by atoms with van der Waals surface area (Å²) in [4.78, 5) is 14.7. The normalized spacial score (nSPS) is 18.0. The minimum Gasteiger partial charge on any atom is -0.379 e. The maximum absolute atomic E-state index is 14.7. The molecule has 166 valence electrons. The van der Waals surface area contributed by atoms with Gasteiger partial charge in [0.15, 0.2) is 0 Å². The molecule has 2 fully saturated rings. The van der Waals surface area contributed by atoms with Crippen molar-refractivity contribution < 1.29 is 27.1 Å². The largest absolute Gasteiger partial charge is 0.379 e. The number of nitrogens with one attached hydrogen (secondary N) is 1. The van der Waals surface area contributed by atoms with Gasteiger partial charge in [0.25, 0.3) is 5.91 Å². The molecule has 2 aliphatic rings. The van der Waals surface area contributed by atoms with Crippen molar-refractivity contribution >= 4 is 27.3 Å². The molecular weight excluding hydrogens is 425 g/mol. The third-order valence-corrected chi connectivity index (χ3v) is 7.23. The Bertz CT molecular complexity index is 1050. The Morgan fingerprint density at radius 3 is 2.26 bits per heavy atom. The Morgan fingerprint density at radius 1 is 0.935 bits per heavy atom. The van der Waals surface area contributed by atoms with Crippen LogP contribution in [-0.2, 0) is 19.5 Å². The molecule has 2 heterocycles. The zero-order chi connectivity index (χ0) is 21.8. The number of benzene rings is 2. The molecule has 1 amide bonds. The number of hydrogen-bond acceptors (Lipinski definition) is 6. The first-order valence-corrected chi connectivity index (χ1v) is 11.5. The van der Waals surface area contributed by atoms with E-state index in [9.17, 15) is 17.6 Å². The van der Waals surface area contributed by atoms with Crippen LogP contribution in [0.15, 0.2) is 47.4 Å². The van der Waals surface area contributed by atoms with E-state index in [1.807, 2.05) is 4.90 Å². The van der Waals surface area contributed by atoms with E-state index in [2.05, 4.69) is 5.32 Å². The summed E-state index contributed by atoms with van der Waals surface area (Å²) in [6.07, 6.45) is 0. The second kappa shape index (κ2) is 9.31. The minimum atomic E-state index is -3.86. The molecule has 0 radical (unpaired) electrons. The van der Waals surface area contributed by atoms with Crippen molar-refractivity contribution in [2.45, 2.75) is 4.90 Å². The molecule has 0 atom stereocenters. The second-order valence-electron chi connectivity index (χ2n) is 7.23. The molecule has 2 aliphatic heterocycles. The summed E-state index contributed by atoms with van der Waals surface area (Å²) in [5, 5.41) is 2.61. The van der Waals surface area contributed by atoms with Gasteiger partial charge in [-0.15, -0.1) is 0 Å². The van der Waals surface area contributed by atoms with Crippen LogP contribution in [-0.4, -0.2) is 71.2 Å². The molecule has 0 bridgehead atoms. The van der Waals surface area contributed by atoms with Crippen LogP contribution in [0.2, 0.25) is 0 Å². The number of amides is 1. The van der Waals surface area contributed by atoms with Crippen molar-refractivity contribution in [1.82, 2.24) is 4.31 Å².